The predicted octanol–water partition coefficient (Wildman–Crippen LogP) is 6.30. The van der Waals surface area contributed by atoms with E-state index in [2.05, 4.69) is 10.3 Å². The highest BCUT2D eigenvalue weighted by Gasteiger charge is 2.42. The maximum absolute atomic E-state index is 13.7. The Labute approximate surface area is 219 Å². The van der Waals surface area contributed by atoms with Gasteiger partial charge >= 0.3 is 0 Å². The number of rotatable bonds is 6. The Morgan fingerprint density at radius 1 is 0.842 bits per heavy atom. The maximum atomic E-state index is 13.7. The molecule has 0 radical (unpaired) electrons. The van der Waals surface area contributed by atoms with Gasteiger partial charge in [-0.25, -0.2) is 4.98 Å². The van der Waals surface area contributed by atoms with E-state index in [9.17, 15) is 14.4 Å². The van der Waals surface area contributed by atoms with Crippen molar-refractivity contribution in [2.45, 2.75) is 26.3 Å². The van der Waals surface area contributed by atoms with Crippen LogP contribution in [0.4, 0.5) is 5.69 Å². The summed E-state index contributed by atoms with van der Waals surface area (Å²) in [5.41, 5.74) is 3.10. The summed E-state index contributed by atoms with van der Waals surface area (Å²) in [4.78, 5) is 45.8. The van der Waals surface area contributed by atoms with E-state index in [1.807, 2.05) is 62.4 Å². The Morgan fingerprint density at radius 2 is 1.47 bits per heavy atom. The third-order valence-electron chi connectivity index (χ3n) is 6.83. The summed E-state index contributed by atoms with van der Waals surface area (Å²) in [7, 11) is 0. The van der Waals surface area contributed by atoms with Crippen LogP contribution in [0.3, 0.4) is 0 Å². The van der Waals surface area contributed by atoms with Gasteiger partial charge in [0.25, 0.3) is 11.8 Å². The summed E-state index contributed by atoms with van der Waals surface area (Å²) < 4.78 is 6.21. The Hall–Kier alpha value is -4.78. The first-order valence-electron chi connectivity index (χ1n) is 12.6. The molecule has 1 N–H and O–H groups in total. The zero-order chi connectivity index (χ0) is 26.4. The first-order chi connectivity index (χ1) is 18.4. The van der Waals surface area contributed by atoms with Crippen LogP contribution in [0.25, 0.3) is 33.3 Å². The number of para-hydroxylation sites is 1. The Balaban J connectivity index is 1.36. The monoisotopic (exact) mass is 503 g/mol. The fourth-order valence-corrected chi connectivity index (χ4v) is 5.03. The normalized spacial score (nSPS) is 13.9. The molecule has 3 amide bonds. The van der Waals surface area contributed by atoms with Crippen molar-refractivity contribution >= 4 is 45.3 Å². The van der Waals surface area contributed by atoms with Crippen molar-refractivity contribution in [1.82, 2.24) is 9.88 Å². The number of aromatic nitrogens is 1. The molecule has 38 heavy (non-hydrogen) atoms. The molecule has 0 bridgehead atoms. The number of oxazole rings is 1. The molecule has 5 aromatic rings. The molecule has 6 rings (SSSR count). The lowest BCUT2D eigenvalue weighted by Crippen LogP contribution is -2.48. The van der Waals surface area contributed by atoms with Crippen molar-refractivity contribution in [3.63, 3.8) is 0 Å². The highest BCUT2D eigenvalue weighted by Crippen LogP contribution is 2.34. The van der Waals surface area contributed by atoms with E-state index < -0.39 is 23.8 Å². The van der Waals surface area contributed by atoms with Gasteiger partial charge in [0, 0.05) is 5.39 Å². The lowest BCUT2D eigenvalue weighted by atomic mass is 10.0. The molecule has 188 valence electrons. The lowest BCUT2D eigenvalue weighted by molar-refractivity contribution is -0.120. The van der Waals surface area contributed by atoms with Crippen LogP contribution in [0, 0.1) is 5.92 Å². The van der Waals surface area contributed by atoms with Crippen LogP contribution in [0.15, 0.2) is 89.3 Å². The fourth-order valence-electron chi connectivity index (χ4n) is 5.03. The molecule has 1 unspecified atom stereocenters. The van der Waals surface area contributed by atoms with Gasteiger partial charge in [0.2, 0.25) is 11.8 Å². The summed E-state index contributed by atoms with van der Waals surface area (Å²) >= 11 is 0. The molecule has 1 aliphatic heterocycles. The number of benzene rings is 4. The minimum absolute atomic E-state index is 0.0654. The molecule has 0 spiro atoms. The third kappa shape index (κ3) is 3.93. The summed E-state index contributed by atoms with van der Waals surface area (Å²) in [5.74, 6) is -0.915. The van der Waals surface area contributed by atoms with E-state index in [1.54, 1.807) is 36.4 Å². The molecule has 4 aromatic carbocycles. The van der Waals surface area contributed by atoms with Gasteiger partial charge < -0.3 is 9.73 Å². The number of fused-ring (bicyclic) bond motifs is 4. The molecule has 1 aliphatic rings. The van der Waals surface area contributed by atoms with E-state index in [-0.39, 0.29) is 5.92 Å². The second-order valence-electron chi connectivity index (χ2n) is 9.86. The van der Waals surface area contributed by atoms with Crippen LogP contribution in [0.2, 0.25) is 0 Å². The molecule has 7 nitrogen and oxygen atoms in total. The molecular weight excluding hydrogens is 478 g/mol. The number of amides is 3. The summed E-state index contributed by atoms with van der Waals surface area (Å²) in [5, 5.41) is 4.95. The van der Waals surface area contributed by atoms with Crippen molar-refractivity contribution in [1.29, 1.82) is 0 Å². The first-order valence-corrected chi connectivity index (χ1v) is 12.6. The van der Waals surface area contributed by atoms with Crippen molar-refractivity contribution in [3.8, 4) is 11.5 Å². The minimum atomic E-state index is -0.969. The molecule has 0 aliphatic carbocycles. The third-order valence-corrected chi connectivity index (χ3v) is 6.83. The van der Waals surface area contributed by atoms with Gasteiger partial charge in [-0.15, -0.1) is 0 Å². The predicted molar refractivity (Wildman–Crippen MR) is 146 cm³/mol. The molecule has 1 aromatic heterocycles. The second-order valence-corrected chi connectivity index (χ2v) is 9.86. The van der Waals surface area contributed by atoms with Gasteiger partial charge in [-0.3, -0.25) is 19.3 Å². The van der Waals surface area contributed by atoms with Crippen molar-refractivity contribution < 1.29 is 18.8 Å². The van der Waals surface area contributed by atoms with Gasteiger partial charge in [-0.1, -0.05) is 68.4 Å². The SMILES string of the molecule is CC(C)CC(C(=O)Nc1ccccc1-c1nc2ccc3ccccc3c2o1)N1C(=O)c2ccccc2C1=O. The zero-order valence-electron chi connectivity index (χ0n) is 21.0. The molecule has 1 atom stereocenters. The number of hydrogen-bond donors (Lipinski definition) is 1. The maximum Gasteiger partial charge on any atom is 0.262 e. The average molecular weight is 504 g/mol. The summed E-state index contributed by atoms with van der Waals surface area (Å²) in [6.07, 6.45) is 0.328. The highest BCUT2D eigenvalue weighted by atomic mass is 16.3. The van der Waals surface area contributed by atoms with E-state index in [4.69, 9.17) is 4.42 Å². The fraction of sp³-hybridized carbons (Fsp3) is 0.161. The number of carbonyl (C=O) groups excluding carboxylic acids is 3. The molecule has 2 heterocycles. The van der Waals surface area contributed by atoms with Crippen molar-refractivity contribution in [2.24, 2.45) is 5.92 Å². The van der Waals surface area contributed by atoms with Crippen LogP contribution >= 0.6 is 0 Å². The Kier molecular flexibility index (Phi) is 5.76. The summed E-state index contributed by atoms with van der Waals surface area (Å²) in [6.45, 7) is 3.91. The van der Waals surface area contributed by atoms with Crippen LogP contribution in [-0.2, 0) is 4.79 Å². The van der Waals surface area contributed by atoms with Gasteiger partial charge in [0.15, 0.2) is 5.58 Å². The topological polar surface area (TPSA) is 92.5 Å². The lowest BCUT2D eigenvalue weighted by Gasteiger charge is -2.27. The standard InChI is InChI=1S/C31H25N3O4/c1-18(2)17-26(34-30(36)21-11-5-6-12-22(21)31(34)37)28(35)32-24-14-8-7-13-23(24)29-33-25-16-15-19-9-3-4-10-20(19)27(25)38-29/h3-16,18,26H,17H2,1-2H3,(H,32,35). The largest absolute Gasteiger partial charge is 0.435 e. The summed E-state index contributed by atoms with van der Waals surface area (Å²) in [6, 6.07) is 24.7. The smallest absolute Gasteiger partial charge is 0.262 e. The first kappa shape index (κ1) is 23.6. The number of nitrogens with one attached hydrogen (secondary N) is 1. The second kappa shape index (κ2) is 9.27. The molecular formula is C31H25N3O4. The van der Waals surface area contributed by atoms with Crippen LogP contribution < -0.4 is 5.32 Å². The molecule has 0 fully saturated rings. The quantitative estimate of drug-likeness (QED) is 0.275. The van der Waals surface area contributed by atoms with E-state index in [1.165, 1.54) is 0 Å². The minimum Gasteiger partial charge on any atom is -0.435 e. The van der Waals surface area contributed by atoms with Crippen LogP contribution in [0.5, 0.6) is 0 Å². The van der Waals surface area contributed by atoms with E-state index in [0.29, 0.717) is 45.8 Å². The highest BCUT2D eigenvalue weighted by molar-refractivity contribution is 6.23. The van der Waals surface area contributed by atoms with E-state index in [0.717, 1.165) is 15.7 Å². The molecule has 7 heteroatoms. The van der Waals surface area contributed by atoms with Gasteiger partial charge in [0.05, 0.1) is 22.4 Å². The van der Waals surface area contributed by atoms with Crippen molar-refractivity contribution in [2.75, 3.05) is 5.32 Å². The zero-order valence-corrected chi connectivity index (χ0v) is 21.0. The average Bonchev–Trinajstić information content (AvgIpc) is 3.47. The van der Waals surface area contributed by atoms with Crippen LogP contribution in [0.1, 0.15) is 41.0 Å². The number of anilines is 1. The van der Waals surface area contributed by atoms with Gasteiger partial charge in [-0.2, -0.15) is 0 Å². The molecule has 0 saturated carbocycles. The number of nitrogens with zero attached hydrogens (tertiary/aromatic N) is 2. The van der Waals surface area contributed by atoms with Gasteiger partial charge in [-0.05, 0) is 48.1 Å². The number of imide groups is 1. The van der Waals surface area contributed by atoms with Crippen molar-refractivity contribution in [3.05, 3.63) is 96.1 Å². The molecule has 0 saturated heterocycles. The van der Waals surface area contributed by atoms with Gasteiger partial charge in [0.1, 0.15) is 11.6 Å². The Morgan fingerprint density at radius 3 is 2.18 bits per heavy atom. The Bertz CT molecular complexity index is 1700. The number of carbonyl (C=O) groups is 3. The van der Waals surface area contributed by atoms with Crippen LogP contribution in [-0.4, -0.2) is 33.6 Å². The number of hydrogen-bond acceptors (Lipinski definition) is 5. The van der Waals surface area contributed by atoms with E-state index >= 15 is 0 Å².